The van der Waals surface area contributed by atoms with Crippen LogP contribution in [0.3, 0.4) is 0 Å². The summed E-state index contributed by atoms with van der Waals surface area (Å²) in [5.74, 6) is -0.941. The van der Waals surface area contributed by atoms with Gasteiger partial charge in [0.2, 0.25) is 0 Å². The Kier molecular flexibility index (Phi) is 4.23. The summed E-state index contributed by atoms with van der Waals surface area (Å²) in [6.45, 7) is 1.58. The normalized spacial score (nSPS) is 21.7. The molecule has 1 heterocycles. The first-order valence-electron chi connectivity index (χ1n) is 6.21. The fourth-order valence-electron chi connectivity index (χ4n) is 1.97. The molecular weight excluding hydrogens is 283 g/mol. The lowest BCUT2D eigenvalue weighted by Crippen LogP contribution is -2.19. The van der Waals surface area contributed by atoms with E-state index in [0.29, 0.717) is 17.6 Å². The van der Waals surface area contributed by atoms with Crippen LogP contribution in [0.2, 0.25) is 0 Å². The highest BCUT2D eigenvalue weighted by molar-refractivity contribution is 7.91. The van der Waals surface area contributed by atoms with Gasteiger partial charge in [0.1, 0.15) is 11.9 Å². The molecule has 2 rings (SSSR count). The number of carbonyl (C=O) groups is 1. The zero-order valence-electron chi connectivity index (χ0n) is 11.0. The van der Waals surface area contributed by atoms with Crippen molar-refractivity contribution in [3.63, 3.8) is 0 Å². The van der Waals surface area contributed by atoms with Gasteiger partial charge in [-0.05, 0) is 37.1 Å². The molecule has 1 aromatic rings. The summed E-state index contributed by atoms with van der Waals surface area (Å²) in [6.07, 6.45) is 1.35. The fraction of sp³-hybridized carbons (Fsp3) is 0.357. The Morgan fingerprint density at radius 2 is 2.00 bits per heavy atom. The highest BCUT2D eigenvalue weighted by Gasteiger charge is 2.30. The Balaban J connectivity index is 2.00. The van der Waals surface area contributed by atoms with Crippen molar-refractivity contribution < 1.29 is 22.3 Å². The molecular formula is C14H15FO4S. The maximum Gasteiger partial charge on any atom is 0.334 e. The molecule has 1 fully saturated rings. The van der Waals surface area contributed by atoms with Gasteiger partial charge in [0.25, 0.3) is 0 Å². The highest BCUT2D eigenvalue weighted by atomic mass is 32.2. The van der Waals surface area contributed by atoms with Crippen molar-refractivity contribution in [2.45, 2.75) is 19.4 Å². The Bertz CT molecular complexity index is 632. The van der Waals surface area contributed by atoms with E-state index in [9.17, 15) is 17.6 Å². The van der Waals surface area contributed by atoms with Crippen molar-refractivity contribution in [1.82, 2.24) is 0 Å². The van der Waals surface area contributed by atoms with Crippen LogP contribution in [0, 0.1) is 5.82 Å². The molecule has 1 saturated heterocycles. The van der Waals surface area contributed by atoms with E-state index in [1.165, 1.54) is 12.1 Å². The van der Waals surface area contributed by atoms with Crippen molar-refractivity contribution in [3.05, 3.63) is 41.2 Å². The first-order valence-corrected chi connectivity index (χ1v) is 8.03. The molecule has 108 valence electrons. The largest absolute Gasteiger partial charge is 0.458 e. The summed E-state index contributed by atoms with van der Waals surface area (Å²) in [5.41, 5.74) is 1.03. The summed E-state index contributed by atoms with van der Waals surface area (Å²) < 4.78 is 40.4. The topological polar surface area (TPSA) is 60.4 Å². The molecule has 6 heteroatoms. The van der Waals surface area contributed by atoms with Gasteiger partial charge in [0.15, 0.2) is 9.84 Å². The minimum Gasteiger partial charge on any atom is -0.458 e. The van der Waals surface area contributed by atoms with Gasteiger partial charge >= 0.3 is 5.97 Å². The number of benzene rings is 1. The van der Waals surface area contributed by atoms with Crippen molar-refractivity contribution in [2.24, 2.45) is 0 Å². The number of hydrogen-bond acceptors (Lipinski definition) is 4. The maximum absolute atomic E-state index is 12.8. The Hall–Kier alpha value is -1.69. The number of rotatable bonds is 3. The molecule has 0 aromatic heterocycles. The van der Waals surface area contributed by atoms with Crippen LogP contribution in [0.5, 0.6) is 0 Å². The summed E-state index contributed by atoms with van der Waals surface area (Å²) in [5, 5.41) is 0. The SMILES string of the molecule is C/C(=C/c1ccc(F)cc1)C(=O)OC1CCS(=O)(=O)C1. The number of carbonyl (C=O) groups excluding carboxylic acids is 1. The van der Waals surface area contributed by atoms with Crippen molar-refractivity contribution >= 4 is 21.9 Å². The second-order valence-electron chi connectivity index (χ2n) is 4.81. The van der Waals surface area contributed by atoms with Crippen LogP contribution in [-0.2, 0) is 19.4 Å². The monoisotopic (exact) mass is 298 g/mol. The fourth-order valence-corrected chi connectivity index (χ4v) is 3.56. The second-order valence-corrected chi connectivity index (χ2v) is 7.04. The van der Waals surface area contributed by atoms with E-state index >= 15 is 0 Å². The molecule has 1 unspecified atom stereocenters. The predicted octanol–water partition coefficient (Wildman–Crippen LogP) is 1.96. The molecule has 0 spiro atoms. The summed E-state index contributed by atoms with van der Waals surface area (Å²) in [4.78, 5) is 11.8. The molecule has 0 radical (unpaired) electrons. The first kappa shape index (κ1) is 14.7. The summed E-state index contributed by atoms with van der Waals surface area (Å²) in [6, 6.07) is 5.69. The van der Waals surface area contributed by atoms with Crippen LogP contribution in [0.25, 0.3) is 6.08 Å². The first-order chi connectivity index (χ1) is 9.35. The van der Waals surface area contributed by atoms with Crippen LogP contribution in [0.15, 0.2) is 29.8 Å². The molecule has 0 saturated carbocycles. The summed E-state index contributed by atoms with van der Waals surface area (Å²) in [7, 11) is -3.07. The smallest absolute Gasteiger partial charge is 0.334 e. The minimum absolute atomic E-state index is 0.0612. The quantitative estimate of drug-likeness (QED) is 0.632. The molecule has 0 aliphatic carbocycles. The van der Waals surface area contributed by atoms with Crippen LogP contribution in [0.1, 0.15) is 18.9 Å². The number of hydrogen-bond donors (Lipinski definition) is 0. The number of halogens is 1. The minimum atomic E-state index is -3.07. The van der Waals surface area contributed by atoms with Gasteiger partial charge < -0.3 is 4.74 Å². The van der Waals surface area contributed by atoms with Crippen molar-refractivity contribution in [3.8, 4) is 0 Å². The van der Waals surface area contributed by atoms with E-state index in [1.54, 1.807) is 25.1 Å². The summed E-state index contributed by atoms with van der Waals surface area (Å²) >= 11 is 0. The zero-order chi connectivity index (χ0) is 14.8. The Morgan fingerprint density at radius 3 is 2.55 bits per heavy atom. The third kappa shape index (κ3) is 3.90. The van der Waals surface area contributed by atoms with Gasteiger partial charge in [-0.25, -0.2) is 17.6 Å². The molecule has 20 heavy (non-hydrogen) atoms. The predicted molar refractivity (Wildman–Crippen MR) is 73.2 cm³/mol. The lowest BCUT2D eigenvalue weighted by Gasteiger charge is -2.10. The van der Waals surface area contributed by atoms with Crippen molar-refractivity contribution in [2.75, 3.05) is 11.5 Å². The molecule has 0 N–H and O–H groups in total. The number of sulfone groups is 1. The van der Waals surface area contributed by atoms with Crippen LogP contribution in [-0.4, -0.2) is 32.0 Å². The Labute approximate surface area is 117 Å². The molecule has 0 bridgehead atoms. The van der Waals surface area contributed by atoms with Gasteiger partial charge in [-0.15, -0.1) is 0 Å². The second kappa shape index (κ2) is 5.75. The number of esters is 1. The van der Waals surface area contributed by atoms with E-state index in [-0.39, 0.29) is 17.3 Å². The third-order valence-corrected chi connectivity index (χ3v) is 4.78. The molecule has 0 amide bonds. The van der Waals surface area contributed by atoms with E-state index in [2.05, 4.69) is 0 Å². The van der Waals surface area contributed by atoms with Crippen molar-refractivity contribution in [1.29, 1.82) is 0 Å². The average molecular weight is 298 g/mol. The van der Waals surface area contributed by atoms with E-state index in [4.69, 9.17) is 4.74 Å². The molecule has 1 aliphatic heterocycles. The standard InChI is InChI=1S/C14H15FO4S/c1-10(8-11-2-4-12(15)5-3-11)14(16)19-13-6-7-20(17,18)9-13/h2-5,8,13H,6-7,9H2,1H3/b10-8-. The van der Waals surface area contributed by atoms with Gasteiger partial charge in [-0.3, -0.25) is 0 Å². The van der Waals surface area contributed by atoms with Gasteiger partial charge in [0, 0.05) is 5.57 Å². The number of ether oxygens (including phenoxy) is 1. The van der Waals surface area contributed by atoms with Crippen LogP contribution < -0.4 is 0 Å². The average Bonchev–Trinajstić information content (AvgIpc) is 2.71. The molecule has 4 nitrogen and oxygen atoms in total. The van der Waals surface area contributed by atoms with Gasteiger partial charge in [-0.2, -0.15) is 0 Å². The van der Waals surface area contributed by atoms with Gasteiger partial charge in [-0.1, -0.05) is 12.1 Å². The molecule has 1 atom stereocenters. The molecule has 1 aromatic carbocycles. The van der Waals surface area contributed by atoms with E-state index in [1.807, 2.05) is 0 Å². The third-order valence-electron chi connectivity index (χ3n) is 3.04. The zero-order valence-corrected chi connectivity index (χ0v) is 11.8. The lowest BCUT2D eigenvalue weighted by molar-refractivity contribution is -0.142. The van der Waals surface area contributed by atoms with Gasteiger partial charge in [0.05, 0.1) is 11.5 Å². The maximum atomic E-state index is 12.8. The van der Waals surface area contributed by atoms with E-state index in [0.717, 1.165) is 0 Å². The van der Waals surface area contributed by atoms with Crippen LogP contribution >= 0.6 is 0 Å². The lowest BCUT2D eigenvalue weighted by atomic mass is 10.1. The Morgan fingerprint density at radius 1 is 1.35 bits per heavy atom. The molecule has 1 aliphatic rings. The van der Waals surface area contributed by atoms with Crippen LogP contribution in [0.4, 0.5) is 4.39 Å². The van der Waals surface area contributed by atoms with E-state index < -0.39 is 21.9 Å². The highest BCUT2D eigenvalue weighted by Crippen LogP contribution is 2.17.